The lowest BCUT2D eigenvalue weighted by molar-refractivity contribution is -0.134. The lowest BCUT2D eigenvalue weighted by atomic mass is 9.91. The summed E-state index contributed by atoms with van der Waals surface area (Å²) in [4.78, 5) is 40.9. The monoisotopic (exact) mass is 377 g/mol. The van der Waals surface area contributed by atoms with E-state index in [2.05, 4.69) is 11.9 Å². The van der Waals surface area contributed by atoms with Crippen LogP contribution in [0, 0.1) is 6.92 Å². The number of amides is 4. The fourth-order valence-electron chi connectivity index (χ4n) is 3.23. The second-order valence-corrected chi connectivity index (χ2v) is 6.94. The van der Waals surface area contributed by atoms with Crippen molar-refractivity contribution in [1.82, 2.24) is 10.2 Å². The van der Waals surface area contributed by atoms with Crippen molar-refractivity contribution in [3.8, 4) is 0 Å². The number of rotatable bonds is 6. The van der Waals surface area contributed by atoms with Crippen LogP contribution in [0.1, 0.15) is 18.1 Å². The zero-order valence-corrected chi connectivity index (χ0v) is 16.0. The zero-order valence-electron chi connectivity index (χ0n) is 16.0. The number of para-hydroxylation sites is 1. The van der Waals surface area contributed by atoms with Crippen LogP contribution < -0.4 is 10.2 Å². The summed E-state index contributed by atoms with van der Waals surface area (Å²) in [6.45, 7) is 7.23. The Morgan fingerprint density at radius 3 is 2.39 bits per heavy atom. The van der Waals surface area contributed by atoms with Gasteiger partial charge in [-0.2, -0.15) is 0 Å². The molecule has 1 unspecified atom stereocenters. The van der Waals surface area contributed by atoms with Gasteiger partial charge < -0.3 is 10.2 Å². The fraction of sp³-hybridized carbons (Fsp3) is 0.227. The molecule has 0 aliphatic carbocycles. The van der Waals surface area contributed by atoms with Gasteiger partial charge in [0.1, 0.15) is 12.1 Å². The number of benzene rings is 2. The van der Waals surface area contributed by atoms with Crippen molar-refractivity contribution in [2.45, 2.75) is 19.4 Å². The third-order valence-electron chi connectivity index (χ3n) is 4.88. The number of anilines is 1. The summed E-state index contributed by atoms with van der Waals surface area (Å²) in [7, 11) is 0. The van der Waals surface area contributed by atoms with E-state index in [1.807, 2.05) is 49.4 Å². The van der Waals surface area contributed by atoms with Crippen LogP contribution in [-0.4, -0.2) is 35.8 Å². The number of hydrogen-bond donors (Lipinski definition) is 1. The number of nitrogens with one attached hydrogen (secondary N) is 1. The van der Waals surface area contributed by atoms with Gasteiger partial charge in [0.2, 0.25) is 5.91 Å². The average Bonchev–Trinajstić information content (AvgIpc) is 2.91. The molecule has 28 heavy (non-hydrogen) atoms. The Kier molecular flexibility index (Phi) is 5.31. The largest absolute Gasteiger partial charge is 0.325 e. The van der Waals surface area contributed by atoms with E-state index < -0.39 is 17.5 Å². The number of aryl methyl sites for hydroxylation is 1. The van der Waals surface area contributed by atoms with Gasteiger partial charge in [0.05, 0.1) is 0 Å². The van der Waals surface area contributed by atoms with Gasteiger partial charge in [-0.25, -0.2) is 4.79 Å². The van der Waals surface area contributed by atoms with Crippen LogP contribution in [0.5, 0.6) is 0 Å². The van der Waals surface area contributed by atoms with Gasteiger partial charge in [-0.15, -0.1) is 6.58 Å². The molecule has 1 fully saturated rings. The highest BCUT2D eigenvalue weighted by molar-refractivity contribution is 6.10. The van der Waals surface area contributed by atoms with Crippen LogP contribution in [0.25, 0.3) is 0 Å². The molecule has 1 heterocycles. The van der Waals surface area contributed by atoms with Gasteiger partial charge in [0, 0.05) is 12.2 Å². The van der Waals surface area contributed by atoms with E-state index in [1.54, 1.807) is 25.1 Å². The van der Waals surface area contributed by atoms with E-state index in [-0.39, 0.29) is 19.0 Å². The second-order valence-electron chi connectivity index (χ2n) is 6.94. The van der Waals surface area contributed by atoms with Crippen molar-refractivity contribution in [3.05, 3.63) is 78.4 Å². The highest BCUT2D eigenvalue weighted by Gasteiger charge is 2.49. The van der Waals surface area contributed by atoms with E-state index in [9.17, 15) is 14.4 Å². The van der Waals surface area contributed by atoms with Crippen LogP contribution in [0.2, 0.25) is 0 Å². The molecule has 0 spiro atoms. The molecule has 0 radical (unpaired) electrons. The number of carbonyl (C=O) groups is 3. The number of carbonyl (C=O) groups excluding carboxylic acids is 3. The normalized spacial score (nSPS) is 18.7. The number of imide groups is 1. The van der Waals surface area contributed by atoms with Gasteiger partial charge in [-0.3, -0.25) is 14.5 Å². The van der Waals surface area contributed by atoms with Gasteiger partial charge in [0.15, 0.2) is 0 Å². The first-order valence-electron chi connectivity index (χ1n) is 9.04. The summed E-state index contributed by atoms with van der Waals surface area (Å²) < 4.78 is 0. The van der Waals surface area contributed by atoms with Crippen molar-refractivity contribution in [3.63, 3.8) is 0 Å². The van der Waals surface area contributed by atoms with E-state index in [0.29, 0.717) is 11.3 Å². The molecular weight excluding hydrogens is 354 g/mol. The summed E-state index contributed by atoms with van der Waals surface area (Å²) in [5, 5.41) is 2.73. The Morgan fingerprint density at radius 1 is 1.14 bits per heavy atom. The first-order chi connectivity index (χ1) is 13.4. The number of urea groups is 1. The Labute approximate surface area is 164 Å². The SMILES string of the molecule is C=CCN(C(=O)CN1C(=O)NC(C)(c2ccc(C)cc2)C1=O)c1ccccc1. The lowest BCUT2D eigenvalue weighted by Gasteiger charge is -2.25. The minimum absolute atomic E-state index is 0.279. The van der Waals surface area contributed by atoms with Crippen LogP contribution in [0.15, 0.2) is 67.3 Å². The molecule has 0 bridgehead atoms. The maximum Gasteiger partial charge on any atom is 0.325 e. The summed E-state index contributed by atoms with van der Waals surface area (Å²) in [6, 6.07) is 15.9. The fourth-order valence-corrected chi connectivity index (χ4v) is 3.23. The predicted octanol–water partition coefficient (Wildman–Crippen LogP) is 2.98. The highest BCUT2D eigenvalue weighted by Crippen LogP contribution is 2.29. The summed E-state index contributed by atoms with van der Waals surface area (Å²) in [5.41, 5.74) is 1.22. The van der Waals surface area contributed by atoms with Crippen LogP contribution in [0.3, 0.4) is 0 Å². The quantitative estimate of drug-likeness (QED) is 0.622. The molecule has 6 nitrogen and oxygen atoms in total. The first-order valence-corrected chi connectivity index (χ1v) is 9.04. The molecule has 6 heteroatoms. The third-order valence-corrected chi connectivity index (χ3v) is 4.88. The molecule has 0 saturated carbocycles. The van der Waals surface area contributed by atoms with Crippen LogP contribution >= 0.6 is 0 Å². The summed E-state index contributed by atoms with van der Waals surface area (Å²) in [5.74, 6) is -0.802. The van der Waals surface area contributed by atoms with E-state index in [4.69, 9.17) is 0 Å². The molecule has 2 aromatic rings. The molecular formula is C22H23N3O3. The Hall–Kier alpha value is -3.41. The maximum absolute atomic E-state index is 13.0. The predicted molar refractivity (Wildman–Crippen MR) is 108 cm³/mol. The van der Waals surface area contributed by atoms with Gasteiger partial charge >= 0.3 is 6.03 Å². The highest BCUT2D eigenvalue weighted by atomic mass is 16.2. The Balaban J connectivity index is 1.82. The molecule has 1 aliphatic heterocycles. The van der Waals surface area contributed by atoms with Crippen molar-refractivity contribution < 1.29 is 14.4 Å². The topological polar surface area (TPSA) is 69.7 Å². The van der Waals surface area contributed by atoms with Crippen LogP contribution in [-0.2, 0) is 15.1 Å². The van der Waals surface area contributed by atoms with Crippen LogP contribution in [0.4, 0.5) is 10.5 Å². The van der Waals surface area contributed by atoms with E-state index >= 15 is 0 Å². The first kappa shape index (κ1) is 19.4. The molecule has 2 aromatic carbocycles. The minimum Gasteiger partial charge on any atom is -0.319 e. The van der Waals surface area contributed by atoms with E-state index in [0.717, 1.165) is 10.5 Å². The molecule has 3 rings (SSSR count). The van der Waals surface area contributed by atoms with Crippen molar-refractivity contribution >= 4 is 23.5 Å². The smallest absolute Gasteiger partial charge is 0.319 e. The molecule has 144 valence electrons. The van der Waals surface area contributed by atoms with Gasteiger partial charge in [-0.05, 0) is 31.5 Å². The summed E-state index contributed by atoms with van der Waals surface area (Å²) in [6.07, 6.45) is 1.60. The second kappa shape index (κ2) is 7.68. The lowest BCUT2D eigenvalue weighted by Crippen LogP contribution is -2.44. The molecule has 1 atom stereocenters. The van der Waals surface area contributed by atoms with Crippen molar-refractivity contribution in [2.75, 3.05) is 18.0 Å². The van der Waals surface area contributed by atoms with Gasteiger partial charge in [-0.1, -0.05) is 54.1 Å². The van der Waals surface area contributed by atoms with Gasteiger partial charge in [0.25, 0.3) is 5.91 Å². The molecule has 1 aliphatic rings. The Morgan fingerprint density at radius 2 is 1.79 bits per heavy atom. The standard InChI is InChI=1S/C22H23N3O3/c1-4-14-24(18-8-6-5-7-9-18)19(26)15-25-20(27)22(3,23-21(25)28)17-12-10-16(2)11-13-17/h4-13H,1,14-15H2,2-3H3,(H,23,28). The number of nitrogens with zero attached hydrogens (tertiary/aromatic N) is 2. The zero-order chi connectivity index (χ0) is 20.3. The Bertz CT molecular complexity index is 908. The average molecular weight is 377 g/mol. The molecule has 1 N–H and O–H groups in total. The molecule has 1 saturated heterocycles. The number of hydrogen-bond acceptors (Lipinski definition) is 3. The van der Waals surface area contributed by atoms with Crippen molar-refractivity contribution in [1.29, 1.82) is 0 Å². The minimum atomic E-state index is -1.19. The molecule has 4 amide bonds. The van der Waals surface area contributed by atoms with Crippen molar-refractivity contribution in [2.24, 2.45) is 0 Å². The summed E-state index contributed by atoms with van der Waals surface area (Å²) >= 11 is 0. The third kappa shape index (κ3) is 3.53. The van der Waals surface area contributed by atoms with E-state index in [1.165, 1.54) is 4.90 Å². The maximum atomic E-state index is 13.0. The molecule has 0 aromatic heterocycles.